The summed E-state index contributed by atoms with van der Waals surface area (Å²) in [6.45, 7) is 3.08. The third kappa shape index (κ3) is 2.93. The maximum absolute atomic E-state index is 13.3. The van der Waals surface area contributed by atoms with E-state index in [1.807, 2.05) is 0 Å². The zero-order valence-corrected chi connectivity index (χ0v) is 16.0. The highest BCUT2D eigenvalue weighted by molar-refractivity contribution is 5.85. The zero-order valence-electron chi connectivity index (χ0n) is 15.2. The van der Waals surface area contributed by atoms with Crippen molar-refractivity contribution in [3.8, 4) is 0 Å². The Kier molecular flexibility index (Phi) is 4.74. The number of carbonyl (C=O) groups is 1. The van der Waals surface area contributed by atoms with Gasteiger partial charge in [0.15, 0.2) is 0 Å². The Morgan fingerprint density at radius 1 is 1.15 bits per heavy atom. The van der Waals surface area contributed by atoms with E-state index in [0.29, 0.717) is 11.3 Å². The molecule has 1 aromatic carbocycles. The van der Waals surface area contributed by atoms with Crippen LogP contribution in [0.5, 0.6) is 0 Å². The van der Waals surface area contributed by atoms with Crippen LogP contribution in [0.4, 0.5) is 0 Å². The second-order valence-corrected chi connectivity index (χ2v) is 8.22. The van der Waals surface area contributed by atoms with E-state index in [4.69, 9.17) is 0 Å². The molecule has 2 aromatic rings. The molecule has 1 aliphatic carbocycles. The van der Waals surface area contributed by atoms with Gasteiger partial charge in [-0.3, -0.25) is 4.79 Å². The van der Waals surface area contributed by atoms with Gasteiger partial charge < -0.3 is 15.2 Å². The molecule has 3 heterocycles. The fraction of sp³-hybridized carbons (Fsp3) is 0.571. The van der Waals surface area contributed by atoms with Gasteiger partial charge in [0.05, 0.1) is 6.04 Å². The fourth-order valence-corrected chi connectivity index (χ4v) is 5.17. The average Bonchev–Trinajstić information content (AvgIpc) is 3.16. The number of fused-ring (bicyclic) bond motifs is 1. The molecule has 140 valence electrons. The van der Waals surface area contributed by atoms with Crippen molar-refractivity contribution in [2.45, 2.75) is 44.6 Å². The Morgan fingerprint density at radius 3 is 2.77 bits per heavy atom. The lowest BCUT2D eigenvalue weighted by Crippen LogP contribution is -2.41. The van der Waals surface area contributed by atoms with Crippen LogP contribution in [0.1, 0.15) is 50.3 Å². The quantitative estimate of drug-likeness (QED) is 0.834. The number of para-hydroxylation sites is 1. The van der Waals surface area contributed by atoms with Crippen molar-refractivity contribution in [1.29, 1.82) is 0 Å². The van der Waals surface area contributed by atoms with Crippen molar-refractivity contribution in [3.05, 3.63) is 36.0 Å². The van der Waals surface area contributed by atoms with E-state index in [1.54, 1.807) is 0 Å². The van der Waals surface area contributed by atoms with Crippen molar-refractivity contribution in [2.24, 2.45) is 11.3 Å². The van der Waals surface area contributed by atoms with Gasteiger partial charge in [-0.2, -0.15) is 0 Å². The molecule has 0 bridgehead atoms. The Labute approximate surface area is 161 Å². The number of carbonyl (C=O) groups excluding carboxylic acids is 1. The molecule has 1 spiro atoms. The number of aromatic amines is 1. The molecule has 3 aliphatic rings. The maximum atomic E-state index is 13.3. The van der Waals surface area contributed by atoms with E-state index in [-0.39, 0.29) is 24.4 Å². The third-order valence-corrected chi connectivity index (χ3v) is 6.78. The first-order valence-corrected chi connectivity index (χ1v) is 9.86. The second kappa shape index (κ2) is 6.90. The molecule has 2 N–H and O–H groups in total. The van der Waals surface area contributed by atoms with Crippen molar-refractivity contribution in [2.75, 3.05) is 19.6 Å². The number of likely N-dealkylation sites (tertiary alicyclic amines) is 1. The Balaban J connectivity index is 0.00000168. The van der Waals surface area contributed by atoms with Crippen molar-refractivity contribution in [3.63, 3.8) is 0 Å². The zero-order chi connectivity index (χ0) is 16.9. The predicted molar refractivity (Wildman–Crippen MR) is 106 cm³/mol. The van der Waals surface area contributed by atoms with Crippen LogP contribution < -0.4 is 5.32 Å². The average molecular weight is 374 g/mol. The highest BCUT2D eigenvalue weighted by atomic mass is 35.5. The minimum absolute atomic E-state index is 0. The van der Waals surface area contributed by atoms with Crippen LogP contribution in [-0.2, 0) is 4.79 Å². The monoisotopic (exact) mass is 373 g/mol. The van der Waals surface area contributed by atoms with Gasteiger partial charge in [-0.15, -0.1) is 12.4 Å². The van der Waals surface area contributed by atoms with E-state index in [9.17, 15) is 4.79 Å². The number of nitrogens with one attached hydrogen (secondary N) is 2. The molecule has 2 unspecified atom stereocenters. The molecular formula is C21H28ClN3O. The summed E-state index contributed by atoms with van der Waals surface area (Å²) >= 11 is 0. The summed E-state index contributed by atoms with van der Waals surface area (Å²) in [5, 5.41) is 4.69. The molecule has 2 saturated heterocycles. The normalized spacial score (nSPS) is 27.3. The standard InChI is InChI=1S/C21H27N3O.ClH/c25-20(16-14-21(16)8-10-22-11-9-21)24-12-4-3-7-19(24)18-13-15-5-1-2-6-17(15)23-18;/h1-2,5-6,13,16,19,22-23H,3-4,7-12,14H2;1H. The summed E-state index contributed by atoms with van der Waals surface area (Å²) in [6, 6.07) is 10.9. The third-order valence-electron chi connectivity index (χ3n) is 6.78. The van der Waals surface area contributed by atoms with Crippen molar-refractivity contribution >= 4 is 29.2 Å². The van der Waals surface area contributed by atoms with Gasteiger partial charge in [-0.1, -0.05) is 18.2 Å². The molecule has 0 radical (unpaired) electrons. The van der Waals surface area contributed by atoms with Gasteiger partial charge in [0, 0.05) is 23.7 Å². The molecule has 3 fully saturated rings. The molecule has 26 heavy (non-hydrogen) atoms. The van der Waals surface area contributed by atoms with Gasteiger partial charge in [-0.05, 0) is 74.5 Å². The van der Waals surface area contributed by atoms with Crippen LogP contribution in [0.15, 0.2) is 30.3 Å². The topological polar surface area (TPSA) is 48.1 Å². The minimum atomic E-state index is 0. The lowest BCUT2D eigenvalue weighted by Gasteiger charge is -2.36. The smallest absolute Gasteiger partial charge is 0.226 e. The number of hydrogen-bond donors (Lipinski definition) is 2. The van der Waals surface area contributed by atoms with Gasteiger partial charge in [-0.25, -0.2) is 0 Å². The first-order valence-electron chi connectivity index (χ1n) is 9.86. The first-order chi connectivity index (χ1) is 12.3. The molecule has 1 aromatic heterocycles. The molecule has 5 rings (SSSR count). The summed E-state index contributed by atoms with van der Waals surface area (Å²) in [5.74, 6) is 0.699. The highest BCUT2D eigenvalue weighted by Gasteiger charge is 2.59. The van der Waals surface area contributed by atoms with E-state index < -0.39 is 0 Å². The molecule has 1 saturated carbocycles. The molecular weight excluding hydrogens is 346 g/mol. The van der Waals surface area contributed by atoms with Gasteiger partial charge in [0.25, 0.3) is 0 Å². The number of benzene rings is 1. The predicted octanol–water partition coefficient (Wildman–Crippen LogP) is 4.03. The van der Waals surface area contributed by atoms with Crippen molar-refractivity contribution < 1.29 is 4.79 Å². The van der Waals surface area contributed by atoms with Gasteiger partial charge in [0.1, 0.15) is 0 Å². The van der Waals surface area contributed by atoms with E-state index in [1.165, 1.54) is 35.9 Å². The van der Waals surface area contributed by atoms with Crippen LogP contribution in [0.2, 0.25) is 0 Å². The van der Waals surface area contributed by atoms with E-state index >= 15 is 0 Å². The number of aromatic nitrogens is 1. The molecule has 5 heteroatoms. The van der Waals surface area contributed by atoms with Crippen molar-refractivity contribution in [1.82, 2.24) is 15.2 Å². The first kappa shape index (κ1) is 17.9. The molecule has 4 nitrogen and oxygen atoms in total. The van der Waals surface area contributed by atoms with Crippen LogP contribution in [-0.4, -0.2) is 35.4 Å². The second-order valence-electron chi connectivity index (χ2n) is 8.22. The summed E-state index contributed by atoms with van der Waals surface area (Å²) in [4.78, 5) is 19.1. The highest BCUT2D eigenvalue weighted by Crippen LogP contribution is 2.59. The number of rotatable bonds is 2. The lowest BCUT2D eigenvalue weighted by molar-refractivity contribution is -0.137. The number of H-pyrrole nitrogens is 1. The summed E-state index contributed by atoms with van der Waals surface area (Å²) in [5.41, 5.74) is 2.72. The lowest BCUT2D eigenvalue weighted by atomic mass is 9.90. The minimum Gasteiger partial charge on any atom is -0.357 e. The van der Waals surface area contributed by atoms with Crippen LogP contribution in [0, 0.1) is 11.3 Å². The molecule has 2 atom stereocenters. The van der Waals surface area contributed by atoms with Crippen LogP contribution in [0.3, 0.4) is 0 Å². The summed E-state index contributed by atoms with van der Waals surface area (Å²) < 4.78 is 0. The van der Waals surface area contributed by atoms with E-state index in [0.717, 1.165) is 38.9 Å². The van der Waals surface area contributed by atoms with Gasteiger partial charge in [0.2, 0.25) is 5.91 Å². The number of nitrogens with zero attached hydrogens (tertiary/aromatic N) is 1. The van der Waals surface area contributed by atoms with Crippen LogP contribution >= 0.6 is 12.4 Å². The summed E-state index contributed by atoms with van der Waals surface area (Å²) in [7, 11) is 0. The number of hydrogen-bond acceptors (Lipinski definition) is 2. The SMILES string of the molecule is Cl.O=C(C1CC12CCNCC2)N1CCCCC1c1cc2ccccc2[nH]1. The van der Waals surface area contributed by atoms with E-state index in [2.05, 4.69) is 45.5 Å². The fourth-order valence-electron chi connectivity index (χ4n) is 5.17. The number of piperidine rings is 2. The molecule has 1 amide bonds. The van der Waals surface area contributed by atoms with Crippen LogP contribution in [0.25, 0.3) is 10.9 Å². The summed E-state index contributed by atoms with van der Waals surface area (Å²) in [6.07, 6.45) is 6.90. The number of halogens is 1. The molecule has 2 aliphatic heterocycles. The maximum Gasteiger partial charge on any atom is 0.226 e. The largest absolute Gasteiger partial charge is 0.357 e. The van der Waals surface area contributed by atoms with Gasteiger partial charge >= 0.3 is 0 Å². The Hall–Kier alpha value is -1.52. The Bertz CT molecular complexity index is 762. The Morgan fingerprint density at radius 2 is 1.96 bits per heavy atom. The number of amides is 1.